The quantitative estimate of drug-likeness (QED) is 0.808. The van der Waals surface area contributed by atoms with Crippen LogP contribution in [0.3, 0.4) is 0 Å². The Kier molecular flexibility index (Phi) is 6.15. The lowest BCUT2D eigenvalue weighted by Crippen LogP contribution is -2.51. The summed E-state index contributed by atoms with van der Waals surface area (Å²) in [7, 11) is 0. The van der Waals surface area contributed by atoms with Crippen molar-refractivity contribution in [3.63, 3.8) is 0 Å². The van der Waals surface area contributed by atoms with Crippen LogP contribution >= 0.6 is 0 Å². The average molecular weight is 307 g/mol. The van der Waals surface area contributed by atoms with Gasteiger partial charge in [-0.25, -0.2) is 0 Å². The number of rotatable bonds is 6. The topological polar surface area (TPSA) is 65.4 Å². The van der Waals surface area contributed by atoms with E-state index in [2.05, 4.69) is 10.4 Å². The van der Waals surface area contributed by atoms with E-state index < -0.39 is 0 Å². The van der Waals surface area contributed by atoms with Gasteiger partial charge in [0.05, 0.1) is 25.4 Å². The van der Waals surface area contributed by atoms with E-state index in [1.165, 1.54) is 5.57 Å². The number of amides is 1. The molecule has 1 aromatic heterocycles. The third-order valence-electron chi connectivity index (χ3n) is 3.66. The summed E-state index contributed by atoms with van der Waals surface area (Å²) in [5, 5.41) is 7.12. The lowest BCUT2D eigenvalue weighted by atomic mass is 10.1. The number of carbonyl (C=O) groups is 1. The molecular formula is C16H25N3O3. The Morgan fingerprint density at radius 1 is 1.59 bits per heavy atom. The molecule has 1 aromatic rings. The highest BCUT2D eigenvalue weighted by Gasteiger charge is 2.27. The van der Waals surface area contributed by atoms with Crippen molar-refractivity contribution in [2.24, 2.45) is 0 Å². The molecule has 1 N–H and O–H groups in total. The minimum atomic E-state index is -0.109. The molecule has 0 spiro atoms. The summed E-state index contributed by atoms with van der Waals surface area (Å²) >= 11 is 0. The lowest BCUT2D eigenvalue weighted by Gasteiger charge is -2.31. The molecule has 122 valence electrons. The molecule has 6 heteroatoms. The second-order valence-electron chi connectivity index (χ2n) is 5.82. The molecule has 1 fully saturated rings. The average Bonchev–Trinajstić information content (AvgIpc) is 2.85. The number of nitrogens with zero attached hydrogens (tertiary/aromatic N) is 2. The van der Waals surface area contributed by atoms with Crippen LogP contribution in [0.1, 0.15) is 26.0 Å². The normalized spacial score (nSPS) is 21.4. The van der Waals surface area contributed by atoms with E-state index in [9.17, 15) is 4.79 Å². The Morgan fingerprint density at radius 2 is 2.41 bits per heavy atom. The summed E-state index contributed by atoms with van der Waals surface area (Å²) in [6.45, 7) is 7.95. The summed E-state index contributed by atoms with van der Waals surface area (Å²) < 4.78 is 13.0. The zero-order chi connectivity index (χ0) is 15.9. The van der Waals surface area contributed by atoms with Gasteiger partial charge in [0, 0.05) is 18.5 Å². The molecule has 2 unspecified atom stereocenters. The monoisotopic (exact) mass is 307 g/mol. The first-order valence-electron chi connectivity index (χ1n) is 7.66. The van der Waals surface area contributed by atoms with Crippen molar-refractivity contribution in [1.82, 2.24) is 15.1 Å². The molecule has 1 saturated heterocycles. The third kappa shape index (κ3) is 4.96. The van der Waals surface area contributed by atoms with Crippen molar-refractivity contribution in [3.05, 3.63) is 29.6 Å². The standard InChI is InChI=1S/C16H25N3O3/c1-12(2)5-9-22-15-6-8-21-11-14(15)18-16(20)10-19-13(3)4-7-17-19/h4-5,7,14-15H,6,8-11H2,1-3H3,(H,18,20). The number of carbonyl (C=O) groups excluding carboxylic acids is 1. The summed E-state index contributed by atoms with van der Waals surface area (Å²) in [6.07, 6.45) is 4.52. The summed E-state index contributed by atoms with van der Waals surface area (Å²) in [5.74, 6) is -0.0712. The molecule has 0 bridgehead atoms. The van der Waals surface area contributed by atoms with E-state index in [0.29, 0.717) is 19.8 Å². The number of hydrogen-bond donors (Lipinski definition) is 1. The number of allylic oxidation sites excluding steroid dienone is 1. The molecule has 6 nitrogen and oxygen atoms in total. The highest BCUT2D eigenvalue weighted by atomic mass is 16.5. The molecule has 22 heavy (non-hydrogen) atoms. The van der Waals surface area contributed by atoms with Gasteiger partial charge in [0.25, 0.3) is 0 Å². The molecule has 2 rings (SSSR count). The predicted octanol–water partition coefficient (Wildman–Crippen LogP) is 1.45. The molecule has 0 saturated carbocycles. The predicted molar refractivity (Wildman–Crippen MR) is 83.5 cm³/mol. The van der Waals surface area contributed by atoms with Gasteiger partial charge in [-0.15, -0.1) is 0 Å². The van der Waals surface area contributed by atoms with Gasteiger partial charge in [0.2, 0.25) is 5.91 Å². The van der Waals surface area contributed by atoms with E-state index in [0.717, 1.165) is 12.1 Å². The maximum Gasteiger partial charge on any atom is 0.242 e. The fraction of sp³-hybridized carbons (Fsp3) is 0.625. The Morgan fingerprint density at radius 3 is 3.09 bits per heavy atom. The largest absolute Gasteiger partial charge is 0.379 e. The fourth-order valence-corrected chi connectivity index (χ4v) is 2.34. The van der Waals surface area contributed by atoms with Gasteiger partial charge in [-0.1, -0.05) is 11.6 Å². The van der Waals surface area contributed by atoms with E-state index >= 15 is 0 Å². The van der Waals surface area contributed by atoms with Gasteiger partial charge >= 0.3 is 0 Å². The first-order valence-corrected chi connectivity index (χ1v) is 7.66. The van der Waals surface area contributed by atoms with Crippen LogP contribution in [0.5, 0.6) is 0 Å². The number of aromatic nitrogens is 2. The lowest BCUT2D eigenvalue weighted by molar-refractivity contribution is -0.126. The van der Waals surface area contributed by atoms with E-state index in [1.54, 1.807) is 10.9 Å². The van der Waals surface area contributed by atoms with Gasteiger partial charge in [-0.2, -0.15) is 5.10 Å². The first kappa shape index (κ1) is 16.7. The fourth-order valence-electron chi connectivity index (χ4n) is 2.34. The molecular weight excluding hydrogens is 282 g/mol. The molecule has 1 aliphatic rings. The van der Waals surface area contributed by atoms with Crippen LogP contribution in [0, 0.1) is 6.92 Å². The number of ether oxygens (including phenoxy) is 2. The SMILES string of the molecule is CC(C)=CCOC1CCOCC1NC(=O)Cn1nccc1C. The van der Waals surface area contributed by atoms with Crippen molar-refractivity contribution in [2.75, 3.05) is 19.8 Å². The molecule has 0 aromatic carbocycles. The maximum absolute atomic E-state index is 12.2. The van der Waals surface area contributed by atoms with Crippen molar-refractivity contribution in [2.45, 2.75) is 45.9 Å². The van der Waals surface area contributed by atoms with Crippen LogP contribution in [0.25, 0.3) is 0 Å². The highest BCUT2D eigenvalue weighted by molar-refractivity contribution is 5.76. The Balaban J connectivity index is 1.86. The smallest absolute Gasteiger partial charge is 0.242 e. The van der Waals surface area contributed by atoms with Gasteiger partial charge in [0.1, 0.15) is 6.54 Å². The first-order chi connectivity index (χ1) is 10.6. The molecule has 0 aliphatic carbocycles. The van der Waals surface area contributed by atoms with Gasteiger partial charge in [0.15, 0.2) is 0 Å². The molecule has 0 radical (unpaired) electrons. The molecule has 2 heterocycles. The Bertz CT molecular complexity index is 520. The van der Waals surface area contributed by atoms with Crippen LogP contribution in [0.4, 0.5) is 0 Å². The van der Waals surface area contributed by atoms with Gasteiger partial charge < -0.3 is 14.8 Å². The Hall–Kier alpha value is -1.66. The molecule has 1 aliphatic heterocycles. The summed E-state index contributed by atoms with van der Waals surface area (Å²) in [4.78, 5) is 12.2. The van der Waals surface area contributed by atoms with E-state index in [-0.39, 0.29) is 24.6 Å². The van der Waals surface area contributed by atoms with E-state index in [4.69, 9.17) is 9.47 Å². The highest BCUT2D eigenvalue weighted by Crippen LogP contribution is 2.12. The minimum Gasteiger partial charge on any atom is -0.379 e. The number of hydrogen-bond acceptors (Lipinski definition) is 4. The second kappa shape index (κ2) is 8.10. The van der Waals surface area contributed by atoms with Gasteiger partial charge in [-0.05, 0) is 33.3 Å². The van der Waals surface area contributed by atoms with Gasteiger partial charge in [-0.3, -0.25) is 9.48 Å². The third-order valence-corrected chi connectivity index (χ3v) is 3.66. The number of nitrogens with one attached hydrogen (secondary N) is 1. The van der Waals surface area contributed by atoms with E-state index in [1.807, 2.05) is 32.9 Å². The van der Waals surface area contributed by atoms with Crippen molar-refractivity contribution >= 4 is 5.91 Å². The van der Waals surface area contributed by atoms with Crippen molar-refractivity contribution in [3.8, 4) is 0 Å². The van der Waals surface area contributed by atoms with Crippen LogP contribution in [-0.4, -0.2) is 47.7 Å². The van der Waals surface area contributed by atoms with Crippen LogP contribution in [0.2, 0.25) is 0 Å². The van der Waals surface area contributed by atoms with Crippen LogP contribution in [-0.2, 0) is 20.8 Å². The maximum atomic E-state index is 12.2. The molecule has 1 amide bonds. The summed E-state index contributed by atoms with van der Waals surface area (Å²) in [6, 6.07) is 1.77. The van der Waals surface area contributed by atoms with Crippen LogP contribution < -0.4 is 5.32 Å². The zero-order valence-corrected chi connectivity index (χ0v) is 13.5. The minimum absolute atomic E-state index is 0.00739. The molecule has 2 atom stereocenters. The van der Waals surface area contributed by atoms with Crippen molar-refractivity contribution < 1.29 is 14.3 Å². The van der Waals surface area contributed by atoms with Crippen LogP contribution in [0.15, 0.2) is 23.9 Å². The summed E-state index contributed by atoms with van der Waals surface area (Å²) in [5.41, 5.74) is 2.19. The Labute approximate surface area is 131 Å². The second-order valence-corrected chi connectivity index (χ2v) is 5.82. The zero-order valence-electron chi connectivity index (χ0n) is 13.5. The number of aryl methyl sites for hydroxylation is 1. The van der Waals surface area contributed by atoms with Crippen molar-refractivity contribution in [1.29, 1.82) is 0 Å².